The van der Waals surface area contributed by atoms with Crippen molar-refractivity contribution in [3.8, 4) is 0 Å². The Morgan fingerprint density at radius 3 is 2.70 bits per heavy atom. The molecule has 110 valence electrons. The van der Waals surface area contributed by atoms with E-state index in [-0.39, 0.29) is 0 Å². The second-order valence-corrected chi connectivity index (χ2v) is 6.34. The van der Waals surface area contributed by atoms with Crippen molar-refractivity contribution >= 4 is 0 Å². The van der Waals surface area contributed by atoms with Gasteiger partial charge in [-0.2, -0.15) is 0 Å². The predicted octanol–water partition coefficient (Wildman–Crippen LogP) is 4.22. The largest absolute Gasteiger partial charge is 0.373 e. The number of hydrogen-bond acceptors (Lipinski definition) is 2. The minimum atomic E-state index is 0.470. The van der Waals surface area contributed by atoms with Gasteiger partial charge >= 0.3 is 0 Å². The second kappa shape index (κ2) is 6.73. The van der Waals surface area contributed by atoms with Crippen LogP contribution >= 0.6 is 0 Å². The highest BCUT2D eigenvalue weighted by Gasteiger charge is 2.41. The standard InChI is InChI=1S/C18H27NO/c1-2-3-5-10-16(14-8-6-4-7-9-14)19-17-13-15-11-12-18(17)20-15/h4,6-9,15-19H,2-3,5,10-13H2,1H3. The number of hydrogen-bond donors (Lipinski definition) is 1. The summed E-state index contributed by atoms with van der Waals surface area (Å²) in [5.41, 5.74) is 1.44. The van der Waals surface area contributed by atoms with Crippen LogP contribution in [0, 0.1) is 0 Å². The van der Waals surface area contributed by atoms with Gasteiger partial charge in [-0.05, 0) is 31.2 Å². The molecule has 1 aromatic carbocycles. The minimum absolute atomic E-state index is 0.470. The van der Waals surface area contributed by atoms with Crippen molar-refractivity contribution in [3.63, 3.8) is 0 Å². The first kappa shape index (κ1) is 14.1. The van der Waals surface area contributed by atoms with Gasteiger partial charge in [-0.25, -0.2) is 0 Å². The van der Waals surface area contributed by atoms with Gasteiger partial charge in [0.1, 0.15) is 0 Å². The number of unbranched alkanes of at least 4 members (excludes halogenated alkanes) is 2. The van der Waals surface area contributed by atoms with Crippen LogP contribution < -0.4 is 5.32 Å². The number of rotatable bonds is 7. The highest BCUT2D eigenvalue weighted by atomic mass is 16.5. The topological polar surface area (TPSA) is 21.3 Å². The highest BCUT2D eigenvalue weighted by Crippen LogP contribution is 2.36. The Labute approximate surface area is 122 Å². The molecular formula is C18H27NO. The van der Waals surface area contributed by atoms with E-state index >= 15 is 0 Å². The van der Waals surface area contributed by atoms with Crippen molar-refractivity contribution < 1.29 is 4.74 Å². The van der Waals surface area contributed by atoms with Crippen LogP contribution in [0.15, 0.2) is 30.3 Å². The molecule has 2 nitrogen and oxygen atoms in total. The molecule has 1 N–H and O–H groups in total. The van der Waals surface area contributed by atoms with E-state index in [0.717, 1.165) is 0 Å². The van der Waals surface area contributed by atoms with E-state index in [9.17, 15) is 0 Å². The highest BCUT2D eigenvalue weighted by molar-refractivity contribution is 5.19. The van der Waals surface area contributed by atoms with Gasteiger partial charge in [-0.15, -0.1) is 0 Å². The lowest BCUT2D eigenvalue weighted by molar-refractivity contribution is 0.0957. The normalized spacial score (nSPS) is 29.8. The van der Waals surface area contributed by atoms with E-state index in [1.54, 1.807) is 0 Å². The first-order valence-corrected chi connectivity index (χ1v) is 8.33. The Kier molecular flexibility index (Phi) is 4.74. The summed E-state index contributed by atoms with van der Waals surface area (Å²) >= 11 is 0. The van der Waals surface area contributed by atoms with E-state index in [1.165, 1.54) is 50.5 Å². The SMILES string of the molecule is CCCCCC(NC1CC2CCC1O2)c1ccccc1. The van der Waals surface area contributed by atoms with Crippen LogP contribution in [0.2, 0.25) is 0 Å². The first-order chi connectivity index (χ1) is 9.86. The molecule has 1 aromatic rings. The van der Waals surface area contributed by atoms with Crippen LogP contribution in [0.5, 0.6) is 0 Å². The summed E-state index contributed by atoms with van der Waals surface area (Å²) in [6, 6.07) is 12.0. The third kappa shape index (κ3) is 3.24. The molecule has 2 heteroatoms. The van der Waals surface area contributed by atoms with Crippen molar-refractivity contribution in [1.82, 2.24) is 5.32 Å². The van der Waals surface area contributed by atoms with Gasteiger partial charge in [-0.3, -0.25) is 0 Å². The monoisotopic (exact) mass is 273 g/mol. The van der Waals surface area contributed by atoms with E-state index in [2.05, 4.69) is 42.6 Å². The zero-order valence-corrected chi connectivity index (χ0v) is 12.6. The number of ether oxygens (including phenoxy) is 1. The van der Waals surface area contributed by atoms with E-state index < -0.39 is 0 Å². The lowest BCUT2D eigenvalue weighted by Crippen LogP contribution is -2.39. The summed E-state index contributed by atoms with van der Waals surface area (Å²) < 4.78 is 5.98. The zero-order chi connectivity index (χ0) is 13.8. The van der Waals surface area contributed by atoms with Gasteiger partial charge in [0.2, 0.25) is 0 Å². The van der Waals surface area contributed by atoms with Crippen molar-refractivity contribution in [1.29, 1.82) is 0 Å². The summed E-state index contributed by atoms with van der Waals surface area (Å²) in [6.07, 6.45) is 9.91. The fourth-order valence-electron chi connectivity index (χ4n) is 3.70. The Morgan fingerprint density at radius 2 is 2.05 bits per heavy atom. The fraction of sp³-hybridized carbons (Fsp3) is 0.667. The third-order valence-electron chi connectivity index (χ3n) is 4.82. The Hall–Kier alpha value is -0.860. The Balaban J connectivity index is 1.62. The molecule has 0 radical (unpaired) electrons. The lowest BCUT2D eigenvalue weighted by Gasteiger charge is -2.27. The minimum Gasteiger partial charge on any atom is -0.373 e. The molecule has 20 heavy (non-hydrogen) atoms. The first-order valence-electron chi connectivity index (χ1n) is 8.33. The number of nitrogens with one attached hydrogen (secondary N) is 1. The third-order valence-corrected chi connectivity index (χ3v) is 4.82. The molecule has 3 rings (SSSR count). The lowest BCUT2D eigenvalue weighted by atomic mass is 9.92. The molecule has 2 aliphatic rings. The van der Waals surface area contributed by atoms with Crippen LogP contribution in [0.1, 0.15) is 63.5 Å². The fourth-order valence-corrected chi connectivity index (χ4v) is 3.70. The summed E-state index contributed by atoms with van der Waals surface area (Å²) in [4.78, 5) is 0. The van der Waals surface area contributed by atoms with Crippen LogP contribution in [-0.2, 0) is 4.74 Å². The Morgan fingerprint density at radius 1 is 1.20 bits per heavy atom. The molecule has 4 atom stereocenters. The van der Waals surface area contributed by atoms with Crippen molar-refractivity contribution in [2.75, 3.05) is 0 Å². The summed E-state index contributed by atoms with van der Waals surface area (Å²) in [6.45, 7) is 2.27. The van der Waals surface area contributed by atoms with Gasteiger partial charge in [-0.1, -0.05) is 56.5 Å². The molecule has 2 heterocycles. The van der Waals surface area contributed by atoms with Gasteiger partial charge in [0, 0.05) is 12.1 Å². The molecule has 2 saturated heterocycles. The molecular weight excluding hydrogens is 246 g/mol. The molecule has 0 spiro atoms. The summed E-state index contributed by atoms with van der Waals surface area (Å²) in [5.74, 6) is 0. The van der Waals surface area contributed by atoms with E-state index in [1.807, 2.05) is 0 Å². The smallest absolute Gasteiger partial charge is 0.0733 e. The van der Waals surface area contributed by atoms with Crippen molar-refractivity contribution in [2.24, 2.45) is 0 Å². The van der Waals surface area contributed by atoms with Crippen LogP contribution in [0.4, 0.5) is 0 Å². The maximum absolute atomic E-state index is 5.98. The number of benzene rings is 1. The molecule has 0 aliphatic carbocycles. The maximum Gasteiger partial charge on any atom is 0.0733 e. The predicted molar refractivity (Wildman–Crippen MR) is 82.8 cm³/mol. The van der Waals surface area contributed by atoms with E-state index in [4.69, 9.17) is 4.74 Å². The molecule has 0 amide bonds. The van der Waals surface area contributed by atoms with Crippen LogP contribution in [0.25, 0.3) is 0 Å². The number of fused-ring (bicyclic) bond motifs is 2. The molecule has 2 aliphatic heterocycles. The van der Waals surface area contributed by atoms with E-state index in [0.29, 0.717) is 24.3 Å². The molecule has 2 bridgehead atoms. The van der Waals surface area contributed by atoms with Gasteiger partial charge in [0.05, 0.1) is 12.2 Å². The molecule has 4 unspecified atom stereocenters. The van der Waals surface area contributed by atoms with Gasteiger partial charge < -0.3 is 10.1 Å². The van der Waals surface area contributed by atoms with Crippen LogP contribution in [-0.4, -0.2) is 18.2 Å². The maximum atomic E-state index is 5.98. The average Bonchev–Trinajstić information content (AvgIpc) is 3.10. The quantitative estimate of drug-likeness (QED) is 0.751. The second-order valence-electron chi connectivity index (χ2n) is 6.34. The summed E-state index contributed by atoms with van der Waals surface area (Å²) in [7, 11) is 0. The molecule has 0 saturated carbocycles. The van der Waals surface area contributed by atoms with Gasteiger partial charge in [0.15, 0.2) is 0 Å². The average molecular weight is 273 g/mol. The zero-order valence-electron chi connectivity index (χ0n) is 12.6. The molecule has 0 aromatic heterocycles. The Bertz CT molecular complexity index is 405. The van der Waals surface area contributed by atoms with Crippen LogP contribution in [0.3, 0.4) is 0 Å². The van der Waals surface area contributed by atoms with Crippen molar-refractivity contribution in [3.05, 3.63) is 35.9 Å². The van der Waals surface area contributed by atoms with Gasteiger partial charge in [0.25, 0.3) is 0 Å². The molecule has 2 fully saturated rings. The van der Waals surface area contributed by atoms with Crippen molar-refractivity contribution in [2.45, 2.75) is 76.2 Å². The summed E-state index contributed by atoms with van der Waals surface area (Å²) in [5, 5.41) is 3.90.